The molecule has 0 radical (unpaired) electrons. The molecule has 1 unspecified atom stereocenters. The van der Waals surface area contributed by atoms with Crippen molar-refractivity contribution in [2.75, 3.05) is 6.54 Å². The van der Waals surface area contributed by atoms with Gasteiger partial charge in [-0.05, 0) is 78.4 Å². The van der Waals surface area contributed by atoms with Gasteiger partial charge >= 0.3 is 0 Å². The molecule has 1 aromatic rings. The zero-order valence-electron chi connectivity index (χ0n) is 11.5. The lowest BCUT2D eigenvalue weighted by molar-refractivity contribution is 0.276. The molecular weight excluding hydrogens is 333 g/mol. The molecular formula is C16H24IN. The summed E-state index contributed by atoms with van der Waals surface area (Å²) in [5.74, 6) is 1.85. The highest BCUT2D eigenvalue weighted by Crippen LogP contribution is 2.28. The molecule has 1 N–H and O–H groups in total. The van der Waals surface area contributed by atoms with Gasteiger partial charge in [0.15, 0.2) is 0 Å². The molecule has 0 bridgehead atoms. The molecule has 1 aromatic carbocycles. The molecule has 0 aromatic heterocycles. The van der Waals surface area contributed by atoms with Crippen LogP contribution < -0.4 is 5.32 Å². The number of rotatable bonds is 4. The molecule has 2 rings (SSSR count). The first-order valence-corrected chi connectivity index (χ1v) is 8.22. The molecule has 1 atom stereocenters. The minimum atomic E-state index is 0.473. The molecule has 1 aliphatic rings. The number of halogens is 1. The van der Waals surface area contributed by atoms with Gasteiger partial charge in [0.1, 0.15) is 0 Å². The van der Waals surface area contributed by atoms with Crippen LogP contribution >= 0.6 is 22.6 Å². The zero-order valence-corrected chi connectivity index (χ0v) is 13.6. The second-order valence-corrected chi connectivity index (χ2v) is 7.05. The Kier molecular flexibility index (Phi) is 5.49. The van der Waals surface area contributed by atoms with Crippen LogP contribution in [0, 0.1) is 15.4 Å². The van der Waals surface area contributed by atoms with Gasteiger partial charge < -0.3 is 5.32 Å². The molecule has 0 aliphatic heterocycles. The Balaban J connectivity index is 1.77. The van der Waals surface area contributed by atoms with Gasteiger partial charge in [-0.2, -0.15) is 0 Å². The van der Waals surface area contributed by atoms with Crippen LogP contribution in [0.3, 0.4) is 0 Å². The van der Waals surface area contributed by atoms with Crippen LogP contribution in [0.4, 0.5) is 0 Å². The Morgan fingerprint density at radius 3 is 2.39 bits per heavy atom. The van der Waals surface area contributed by atoms with E-state index in [-0.39, 0.29) is 0 Å². The Labute approximate surface area is 125 Å². The number of benzene rings is 1. The maximum Gasteiger partial charge on any atom is 0.0291 e. The van der Waals surface area contributed by atoms with Gasteiger partial charge in [0.2, 0.25) is 0 Å². The fraction of sp³-hybridized carbons (Fsp3) is 0.625. The summed E-state index contributed by atoms with van der Waals surface area (Å²) in [5, 5.41) is 3.70. The van der Waals surface area contributed by atoms with Crippen molar-refractivity contribution in [3.05, 3.63) is 33.4 Å². The molecule has 0 amide bonds. The van der Waals surface area contributed by atoms with Gasteiger partial charge in [0, 0.05) is 9.61 Å². The van der Waals surface area contributed by atoms with Crippen molar-refractivity contribution in [2.45, 2.75) is 45.6 Å². The number of nitrogens with one attached hydrogen (secondary N) is 1. The number of hydrogen-bond acceptors (Lipinski definition) is 1. The summed E-state index contributed by atoms with van der Waals surface area (Å²) in [6, 6.07) is 9.33. The molecule has 0 spiro atoms. The van der Waals surface area contributed by atoms with Crippen LogP contribution in [-0.2, 0) is 0 Å². The van der Waals surface area contributed by atoms with E-state index in [2.05, 4.69) is 66.0 Å². The maximum absolute atomic E-state index is 3.70. The molecule has 1 saturated carbocycles. The summed E-state index contributed by atoms with van der Waals surface area (Å²) >= 11 is 2.36. The van der Waals surface area contributed by atoms with E-state index in [9.17, 15) is 0 Å². The van der Waals surface area contributed by atoms with Crippen molar-refractivity contribution < 1.29 is 0 Å². The molecule has 1 aliphatic carbocycles. The van der Waals surface area contributed by atoms with E-state index in [1.54, 1.807) is 0 Å². The quantitative estimate of drug-likeness (QED) is 0.766. The monoisotopic (exact) mass is 357 g/mol. The van der Waals surface area contributed by atoms with E-state index in [4.69, 9.17) is 0 Å². The predicted octanol–water partition coefficient (Wildman–Crippen LogP) is 4.77. The van der Waals surface area contributed by atoms with Crippen LogP contribution in [0.1, 0.15) is 51.1 Å². The summed E-state index contributed by atoms with van der Waals surface area (Å²) in [7, 11) is 0. The third kappa shape index (κ3) is 4.23. The summed E-state index contributed by atoms with van der Waals surface area (Å²) < 4.78 is 1.31. The summed E-state index contributed by atoms with van der Waals surface area (Å²) in [6.45, 7) is 5.84. The highest BCUT2D eigenvalue weighted by molar-refractivity contribution is 14.1. The minimum absolute atomic E-state index is 0.473. The summed E-state index contributed by atoms with van der Waals surface area (Å²) in [6.07, 6.45) is 5.66. The predicted molar refractivity (Wildman–Crippen MR) is 86.7 cm³/mol. The summed E-state index contributed by atoms with van der Waals surface area (Å²) in [4.78, 5) is 0. The summed E-state index contributed by atoms with van der Waals surface area (Å²) in [5.41, 5.74) is 1.40. The smallest absolute Gasteiger partial charge is 0.0291 e. The molecule has 100 valence electrons. The first-order chi connectivity index (χ1) is 8.65. The topological polar surface area (TPSA) is 12.0 Å². The second kappa shape index (κ2) is 6.90. The second-order valence-electron chi connectivity index (χ2n) is 5.81. The lowest BCUT2D eigenvalue weighted by Gasteiger charge is -2.27. The molecule has 1 fully saturated rings. The average Bonchev–Trinajstić information content (AvgIpc) is 2.38. The highest BCUT2D eigenvalue weighted by atomic mass is 127. The Morgan fingerprint density at radius 1 is 1.17 bits per heavy atom. The van der Waals surface area contributed by atoms with Gasteiger partial charge in [0.05, 0.1) is 0 Å². The van der Waals surface area contributed by atoms with Crippen molar-refractivity contribution in [2.24, 2.45) is 11.8 Å². The van der Waals surface area contributed by atoms with Crippen molar-refractivity contribution >= 4 is 22.6 Å². The van der Waals surface area contributed by atoms with Crippen LogP contribution in [0.2, 0.25) is 0 Å². The average molecular weight is 357 g/mol. The Hall–Kier alpha value is -0.0900. The largest absolute Gasteiger partial charge is 0.310 e. The van der Waals surface area contributed by atoms with E-state index in [1.807, 2.05) is 0 Å². The van der Waals surface area contributed by atoms with Crippen LogP contribution in [0.25, 0.3) is 0 Å². The van der Waals surface area contributed by atoms with Crippen molar-refractivity contribution in [1.82, 2.24) is 5.32 Å². The van der Waals surface area contributed by atoms with Crippen LogP contribution in [0.15, 0.2) is 24.3 Å². The highest BCUT2D eigenvalue weighted by Gasteiger charge is 2.18. The number of hydrogen-bond donors (Lipinski definition) is 1. The van der Waals surface area contributed by atoms with Crippen LogP contribution in [-0.4, -0.2) is 6.54 Å². The first-order valence-electron chi connectivity index (χ1n) is 7.14. The normalized spacial score (nSPS) is 25.9. The Morgan fingerprint density at radius 2 is 1.78 bits per heavy atom. The van der Waals surface area contributed by atoms with E-state index in [0.717, 1.165) is 11.8 Å². The molecule has 1 nitrogen and oxygen atoms in total. The van der Waals surface area contributed by atoms with Crippen molar-refractivity contribution in [3.63, 3.8) is 0 Å². The van der Waals surface area contributed by atoms with Gasteiger partial charge in [0.25, 0.3) is 0 Å². The standard InChI is InChI=1S/C16H24IN/c1-12-3-5-14(6-4-12)11-18-13(2)15-7-9-16(17)10-8-15/h7-10,12-14,18H,3-6,11H2,1-2H3. The molecule has 18 heavy (non-hydrogen) atoms. The maximum atomic E-state index is 3.70. The minimum Gasteiger partial charge on any atom is -0.310 e. The van der Waals surface area contributed by atoms with E-state index in [1.165, 1.54) is 41.4 Å². The zero-order chi connectivity index (χ0) is 13.0. The van der Waals surface area contributed by atoms with Crippen molar-refractivity contribution in [1.29, 1.82) is 0 Å². The van der Waals surface area contributed by atoms with E-state index >= 15 is 0 Å². The van der Waals surface area contributed by atoms with E-state index in [0.29, 0.717) is 6.04 Å². The van der Waals surface area contributed by atoms with Gasteiger partial charge in [-0.3, -0.25) is 0 Å². The fourth-order valence-corrected chi connectivity index (χ4v) is 3.11. The first kappa shape index (κ1) is 14.3. The third-order valence-corrected chi connectivity index (χ3v) is 4.94. The molecule has 0 saturated heterocycles. The Bertz CT molecular complexity index is 352. The molecule has 0 heterocycles. The van der Waals surface area contributed by atoms with Gasteiger partial charge in [-0.25, -0.2) is 0 Å². The SMILES string of the molecule is CC1CCC(CNC(C)c2ccc(I)cc2)CC1. The third-order valence-electron chi connectivity index (χ3n) is 4.22. The lowest BCUT2D eigenvalue weighted by atomic mass is 9.83. The fourth-order valence-electron chi connectivity index (χ4n) is 2.75. The van der Waals surface area contributed by atoms with Crippen LogP contribution in [0.5, 0.6) is 0 Å². The van der Waals surface area contributed by atoms with Crippen molar-refractivity contribution in [3.8, 4) is 0 Å². The van der Waals surface area contributed by atoms with Gasteiger partial charge in [-0.15, -0.1) is 0 Å². The lowest BCUT2D eigenvalue weighted by Crippen LogP contribution is -2.28. The molecule has 2 heteroatoms. The van der Waals surface area contributed by atoms with E-state index < -0.39 is 0 Å². The van der Waals surface area contributed by atoms with Gasteiger partial charge in [-0.1, -0.05) is 31.9 Å².